The number of aryl methyl sites for hydroxylation is 1. The smallest absolute Gasteiger partial charge is 0.149 e. The summed E-state index contributed by atoms with van der Waals surface area (Å²) in [6.45, 7) is 2.12. The molecule has 0 aliphatic carbocycles. The highest BCUT2D eigenvalue weighted by atomic mass is 127. The van der Waals surface area contributed by atoms with Crippen LogP contribution in [0.5, 0.6) is 5.75 Å². The highest BCUT2D eigenvalue weighted by molar-refractivity contribution is 14.1. The Balaban J connectivity index is 2.82. The van der Waals surface area contributed by atoms with E-state index in [0.29, 0.717) is 0 Å². The van der Waals surface area contributed by atoms with E-state index in [1.165, 1.54) is 18.5 Å². The molecule has 0 bridgehead atoms. The molecule has 0 spiro atoms. The second-order valence-corrected chi connectivity index (χ2v) is 5.27. The molecule has 68 valence electrons. The molecule has 1 aromatic carbocycles. The van der Waals surface area contributed by atoms with Gasteiger partial charge in [-0.1, -0.05) is 6.07 Å². The zero-order valence-electron chi connectivity index (χ0n) is 7.43. The molecular formula is C10H9IOS. The third-order valence-electron chi connectivity index (χ3n) is 1.92. The van der Waals surface area contributed by atoms with Crippen LogP contribution in [0.15, 0.2) is 18.2 Å². The normalized spacial score (nSPS) is 10.7. The maximum absolute atomic E-state index is 5.37. The maximum Gasteiger partial charge on any atom is 0.149 e. The van der Waals surface area contributed by atoms with Gasteiger partial charge in [0.25, 0.3) is 0 Å². The van der Waals surface area contributed by atoms with Gasteiger partial charge in [-0.15, -0.1) is 11.3 Å². The first-order valence-electron chi connectivity index (χ1n) is 3.95. The van der Waals surface area contributed by atoms with Crippen LogP contribution in [0.1, 0.15) is 4.88 Å². The zero-order chi connectivity index (χ0) is 9.42. The lowest BCUT2D eigenvalue weighted by Gasteiger charge is -2.03. The van der Waals surface area contributed by atoms with E-state index in [4.69, 9.17) is 4.74 Å². The Labute approximate surface area is 94.9 Å². The van der Waals surface area contributed by atoms with Crippen molar-refractivity contribution in [2.24, 2.45) is 0 Å². The van der Waals surface area contributed by atoms with E-state index < -0.39 is 0 Å². The molecular weight excluding hydrogens is 295 g/mol. The lowest BCUT2D eigenvalue weighted by Crippen LogP contribution is -1.85. The Kier molecular flexibility index (Phi) is 2.47. The minimum absolute atomic E-state index is 1.01. The van der Waals surface area contributed by atoms with Crippen molar-refractivity contribution < 1.29 is 4.74 Å². The van der Waals surface area contributed by atoms with Crippen LogP contribution in [0.2, 0.25) is 0 Å². The predicted octanol–water partition coefficient (Wildman–Crippen LogP) is 3.82. The van der Waals surface area contributed by atoms with Crippen LogP contribution < -0.4 is 4.74 Å². The van der Waals surface area contributed by atoms with Crippen LogP contribution >= 0.6 is 33.9 Å². The second kappa shape index (κ2) is 3.46. The molecule has 3 heteroatoms. The Morgan fingerprint density at radius 1 is 1.38 bits per heavy atom. The van der Waals surface area contributed by atoms with E-state index in [1.807, 2.05) is 0 Å². The molecule has 0 fully saturated rings. The first-order valence-corrected chi connectivity index (χ1v) is 5.84. The van der Waals surface area contributed by atoms with Crippen LogP contribution in [0.4, 0.5) is 0 Å². The van der Waals surface area contributed by atoms with Crippen molar-refractivity contribution in [3.05, 3.63) is 26.6 Å². The SMILES string of the molecule is COc1c(I)ccc2cc(C)sc12. The number of fused-ring (bicyclic) bond motifs is 1. The monoisotopic (exact) mass is 304 g/mol. The van der Waals surface area contributed by atoms with Gasteiger partial charge in [0.15, 0.2) is 0 Å². The van der Waals surface area contributed by atoms with Gasteiger partial charge in [0.1, 0.15) is 5.75 Å². The molecule has 0 aliphatic heterocycles. The van der Waals surface area contributed by atoms with Crippen LogP contribution in [-0.2, 0) is 0 Å². The summed E-state index contributed by atoms with van der Waals surface area (Å²) in [5, 5.41) is 1.28. The number of halogens is 1. The largest absolute Gasteiger partial charge is 0.494 e. The van der Waals surface area contributed by atoms with E-state index >= 15 is 0 Å². The molecule has 0 unspecified atom stereocenters. The van der Waals surface area contributed by atoms with Gasteiger partial charge in [0, 0.05) is 4.88 Å². The van der Waals surface area contributed by atoms with Gasteiger partial charge in [0.05, 0.1) is 15.4 Å². The Bertz CT molecular complexity index is 447. The van der Waals surface area contributed by atoms with E-state index in [0.717, 1.165) is 5.75 Å². The molecule has 1 heterocycles. The molecule has 0 amide bonds. The molecule has 13 heavy (non-hydrogen) atoms. The van der Waals surface area contributed by atoms with Crippen molar-refractivity contribution in [1.82, 2.24) is 0 Å². The average molecular weight is 304 g/mol. The van der Waals surface area contributed by atoms with Gasteiger partial charge in [-0.25, -0.2) is 0 Å². The number of methoxy groups -OCH3 is 1. The van der Waals surface area contributed by atoms with Gasteiger partial charge < -0.3 is 4.74 Å². The van der Waals surface area contributed by atoms with Crippen molar-refractivity contribution in [2.45, 2.75) is 6.92 Å². The highest BCUT2D eigenvalue weighted by Gasteiger charge is 2.07. The number of benzene rings is 1. The third-order valence-corrected chi connectivity index (χ3v) is 3.84. The molecule has 0 aliphatic rings. The Morgan fingerprint density at radius 3 is 2.85 bits per heavy atom. The van der Waals surface area contributed by atoms with Gasteiger partial charge in [-0.05, 0) is 47.0 Å². The summed E-state index contributed by atoms with van der Waals surface area (Å²) >= 11 is 4.09. The van der Waals surface area contributed by atoms with Gasteiger partial charge in [-0.3, -0.25) is 0 Å². The average Bonchev–Trinajstić information content (AvgIpc) is 2.45. The second-order valence-electron chi connectivity index (χ2n) is 2.86. The summed E-state index contributed by atoms with van der Waals surface area (Å²) in [6.07, 6.45) is 0. The first kappa shape index (κ1) is 9.27. The van der Waals surface area contributed by atoms with E-state index in [1.54, 1.807) is 18.4 Å². The fraction of sp³-hybridized carbons (Fsp3) is 0.200. The first-order chi connectivity index (χ1) is 6.22. The quantitative estimate of drug-likeness (QED) is 0.728. The number of rotatable bonds is 1. The number of ether oxygens (including phenoxy) is 1. The van der Waals surface area contributed by atoms with E-state index in [2.05, 4.69) is 47.7 Å². The maximum atomic E-state index is 5.37. The summed E-state index contributed by atoms with van der Waals surface area (Å²) in [4.78, 5) is 1.33. The van der Waals surface area contributed by atoms with Crippen LogP contribution in [-0.4, -0.2) is 7.11 Å². The molecule has 0 atom stereocenters. The standard InChI is InChI=1S/C10H9IOS/c1-6-5-7-3-4-8(11)9(12-2)10(7)13-6/h3-5H,1-2H3. The van der Waals surface area contributed by atoms with Gasteiger partial charge in [0.2, 0.25) is 0 Å². The number of hydrogen-bond donors (Lipinski definition) is 0. The Morgan fingerprint density at radius 2 is 2.15 bits per heavy atom. The number of thiophene rings is 1. The molecule has 0 radical (unpaired) electrons. The van der Waals surface area contributed by atoms with Crippen molar-refractivity contribution in [3.8, 4) is 5.75 Å². The molecule has 0 saturated carbocycles. The van der Waals surface area contributed by atoms with Crippen LogP contribution in [0, 0.1) is 10.5 Å². The minimum Gasteiger partial charge on any atom is -0.494 e. The van der Waals surface area contributed by atoms with Crippen molar-refractivity contribution >= 4 is 44.0 Å². The molecule has 2 rings (SSSR count). The summed E-state index contributed by atoms with van der Waals surface area (Å²) in [5.41, 5.74) is 0. The summed E-state index contributed by atoms with van der Waals surface area (Å²) in [5.74, 6) is 1.01. The molecule has 0 N–H and O–H groups in total. The predicted molar refractivity (Wildman–Crippen MR) is 65.8 cm³/mol. The lowest BCUT2D eigenvalue weighted by atomic mass is 10.2. The van der Waals surface area contributed by atoms with Crippen molar-refractivity contribution in [3.63, 3.8) is 0 Å². The van der Waals surface area contributed by atoms with Crippen molar-refractivity contribution in [2.75, 3.05) is 7.11 Å². The van der Waals surface area contributed by atoms with Crippen LogP contribution in [0.3, 0.4) is 0 Å². The fourth-order valence-corrected chi connectivity index (χ4v) is 3.26. The third kappa shape index (κ3) is 1.55. The molecule has 1 nitrogen and oxygen atoms in total. The summed E-state index contributed by atoms with van der Waals surface area (Å²) in [6, 6.07) is 6.43. The van der Waals surface area contributed by atoms with Crippen molar-refractivity contribution in [1.29, 1.82) is 0 Å². The zero-order valence-corrected chi connectivity index (χ0v) is 10.4. The molecule has 0 saturated heterocycles. The summed E-state index contributed by atoms with van der Waals surface area (Å²) < 4.78 is 7.81. The minimum atomic E-state index is 1.01. The molecule has 1 aromatic heterocycles. The fourth-order valence-electron chi connectivity index (χ4n) is 1.37. The van der Waals surface area contributed by atoms with Gasteiger partial charge in [-0.2, -0.15) is 0 Å². The highest BCUT2D eigenvalue weighted by Crippen LogP contribution is 2.36. The Hall–Kier alpha value is -0.290. The van der Waals surface area contributed by atoms with E-state index in [9.17, 15) is 0 Å². The molecule has 2 aromatic rings. The van der Waals surface area contributed by atoms with E-state index in [-0.39, 0.29) is 0 Å². The lowest BCUT2D eigenvalue weighted by molar-refractivity contribution is 0.417. The summed E-state index contributed by atoms with van der Waals surface area (Å²) in [7, 11) is 1.73. The van der Waals surface area contributed by atoms with Gasteiger partial charge >= 0.3 is 0 Å². The van der Waals surface area contributed by atoms with Crippen LogP contribution in [0.25, 0.3) is 10.1 Å². The topological polar surface area (TPSA) is 9.23 Å². The number of hydrogen-bond acceptors (Lipinski definition) is 2.